The van der Waals surface area contributed by atoms with Gasteiger partial charge in [0.15, 0.2) is 0 Å². The molecule has 0 bridgehead atoms. The number of rotatable bonds is 6. The molecule has 0 aliphatic heterocycles. The SMILES string of the molecule is COc1cccc([C@H]2CCCC3CC=CC=C3[C@]2(O)CCCN(C)C)c1. The molecule has 1 N–H and O–H groups in total. The minimum atomic E-state index is -0.770. The number of hydrogen-bond donors (Lipinski definition) is 1. The van der Waals surface area contributed by atoms with E-state index in [9.17, 15) is 5.11 Å². The Labute approximate surface area is 158 Å². The third-order valence-corrected chi connectivity index (χ3v) is 6.05. The number of benzene rings is 1. The molecule has 0 radical (unpaired) electrons. The van der Waals surface area contributed by atoms with Crippen molar-refractivity contribution in [3.8, 4) is 5.75 Å². The van der Waals surface area contributed by atoms with Gasteiger partial charge in [0.05, 0.1) is 12.7 Å². The molecule has 142 valence electrons. The average molecular weight is 356 g/mol. The van der Waals surface area contributed by atoms with E-state index in [0.29, 0.717) is 5.92 Å². The highest BCUT2D eigenvalue weighted by atomic mass is 16.5. The maximum absolute atomic E-state index is 12.1. The summed E-state index contributed by atoms with van der Waals surface area (Å²) in [5, 5.41) is 12.1. The van der Waals surface area contributed by atoms with Crippen LogP contribution in [0.3, 0.4) is 0 Å². The van der Waals surface area contributed by atoms with E-state index in [1.807, 2.05) is 12.1 Å². The molecule has 26 heavy (non-hydrogen) atoms. The molecule has 0 heterocycles. The summed E-state index contributed by atoms with van der Waals surface area (Å²) in [4.78, 5) is 2.20. The van der Waals surface area contributed by atoms with E-state index in [4.69, 9.17) is 4.74 Å². The first-order chi connectivity index (χ1) is 12.5. The Morgan fingerprint density at radius 2 is 2.12 bits per heavy atom. The number of allylic oxidation sites excluding steroid dienone is 3. The van der Waals surface area contributed by atoms with Gasteiger partial charge in [-0.25, -0.2) is 0 Å². The van der Waals surface area contributed by atoms with Crippen molar-refractivity contribution in [3.05, 3.63) is 53.6 Å². The topological polar surface area (TPSA) is 32.7 Å². The fourth-order valence-electron chi connectivity index (χ4n) is 4.74. The number of fused-ring (bicyclic) bond motifs is 1. The van der Waals surface area contributed by atoms with Crippen molar-refractivity contribution in [2.75, 3.05) is 27.7 Å². The Hall–Kier alpha value is -1.58. The van der Waals surface area contributed by atoms with Crippen LogP contribution in [0.15, 0.2) is 48.1 Å². The van der Waals surface area contributed by atoms with E-state index < -0.39 is 5.60 Å². The van der Waals surface area contributed by atoms with E-state index in [2.05, 4.69) is 49.4 Å². The quantitative estimate of drug-likeness (QED) is 0.813. The van der Waals surface area contributed by atoms with E-state index in [1.54, 1.807) is 7.11 Å². The molecule has 3 heteroatoms. The Kier molecular flexibility index (Phi) is 6.20. The maximum Gasteiger partial charge on any atom is 0.119 e. The summed E-state index contributed by atoms with van der Waals surface area (Å²) in [6.07, 6.45) is 12.8. The van der Waals surface area contributed by atoms with E-state index >= 15 is 0 Å². The lowest BCUT2D eigenvalue weighted by Gasteiger charge is -2.40. The summed E-state index contributed by atoms with van der Waals surface area (Å²) >= 11 is 0. The molecule has 1 saturated carbocycles. The van der Waals surface area contributed by atoms with Crippen molar-refractivity contribution in [1.29, 1.82) is 0 Å². The van der Waals surface area contributed by atoms with Crippen molar-refractivity contribution in [3.63, 3.8) is 0 Å². The Balaban J connectivity index is 1.98. The lowest BCUT2D eigenvalue weighted by molar-refractivity contribution is 0.0294. The van der Waals surface area contributed by atoms with Crippen LogP contribution >= 0.6 is 0 Å². The van der Waals surface area contributed by atoms with Gasteiger partial charge in [0, 0.05) is 5.92 Å². The molecule has 2 aliphatic carbocycles. The lowest BCUT2D eigenvalue weighted by atomic mass is 9.70. The molecule has 2 aliphatic rings. The minimum absolute atomic E-state index is 0.127. The normalized spacial score (nSPS) is 28.4. The third-order valence-electron chi connectivity index (χ3n) is 6.05. The number of hydrogen-bond acceptors (Lipinski definition) is 3. The second kappa shape index (κ2) is 8.41. The monoisotopic (exact) mass is 355 g/mol. The molecule has 3 atom stereocenters. The molecule has 1 unspecified atom stereocenters. The van der Waals surface area contributed by atoms with Crippen LogP contribution in [0.4, 0.5) is 0 Å². The molecule has 0 spiro atoms. The van der Waals surface area contributed by atoms with Gasteiger partial charge < -0.3 is 14.7 Å². The van der Waals surface area contributed by atoms with Crippen LogP contribution in [-0.2, 0) is 0 Å². The first-order valence-electron chi connectivity index (χ1n) is 9.93. The van der Waals surface area contributed by atoms with Gasteiger partial charge >= 0.3 is 0 Å². The van der Waals surface area contributed by atoms with E-state index in [1.165, 1.54) is 17.6 Å². The number of ether oxygens (including phenoxy) is 1. The van der Waals surface area contributed by atoms with Gasteiger partial charge in [-0.1, -0.05) is 36.8 Å². The van der Waals surface area contributed by atoms with Gasteiger partial charge in [-0.2, -0.15) is 0 Å². The second-order valence-electron chi connectivity index (χ2n) is 8.07. The van der Waals surface area contributed by atoms with Crippen LogP contribution in [0.5, 0.6) is 5.75 Å². The molecule has 3 nitrogen and oxygen atoms in total. The zero-order valence-electron chi connectivity index (χ0n) is 16.4. The number of nitrogens with zero attached hydrogens (tertiary/aromatic N) is 1. The van der Waals surface area contributed by atoms with Crippen molar-refractivity contribution in [1.82, 2.24) is 4.90 Å². The largest absolute Gasteiger partial charge is 0.497 e. The summed E-state index contributed by atoms with van der Waals surface area (Å²) in [6.45, 7) is 1.00. The van der Waals surface area contributed by atoms with Crippen LogP contribution in [0.1, 0.15) is 50.0 Å². The summed E-state index contributed by atoms with van der Waals surface area (Å²) in [5.41, 5.74) is 1.69. The summed E-state index contributed by atoms with van der Waals surface area (Å²) in [6, 6.07) is 8.30. The Morgan fingerprint density at radius 1 is 1.27 bits per heavy atom. The standard InChI is InChI=1S/C23H33NO2/c1-24(2)16-8-15-23(25)21-13-5-4-9-18(21)10-7-14-22(23)19-11-6-12-20(17-19)26-3/h4-6,11-13,17-18,22,25H,7-10,14-16H2,1-3H3/t18?,22-,23-/m1/s1. The van der Waals surface area contributed by atoms with Crippen molar-refractivity contribution in [2.24, 2.45) is 5.92 Å². The second-order valence-corrected chi connectivity index (χ2v) is 8.07. The highest BCUT2D eigenvalue weighted by Gasteiger charge is 2.44. The zero-order valence-corrected chi connectivity index (χ0v) is 16.4. The van der Waals surface area contributed by atoms with Crippen LogP contribution in [0.2, 0.25) is 0 Å². The predicted molar refractivity (Wildman–Crippen MR) is 108 cm³/mol. The minimum Gasteiger partial charge on any atom is -0.497 e. The van der Waals surface area contributed by atoms with Gasteiger partial charge in [0.25, 0.3) is 0 Å². The van der Waals surface area contributed by atoms with Gasteiger partial charge in [0.2, 0.25) is 0 Å². The fraction of sp³-hybridized carbons (Fsp3) is 0.565. The smallest absolute Gasteiger partial charge is 0.119 e. The highest BCUT2D eigenvalue weighted by molar-refractivity contribution is 5.39. The van der Waals surface area contributed by atoms with Crippen molar-refractivity contribution in [2.45, 2.75) is 50.0 Å². The molecule has 0 aromatic heterocycles. The van der Waals surface area contributed by atoms with Crippen LogP contribution in [0, 0.1) is 5.92 Å². The molecule has 1 aromatic carbocycles. The average Bonchev–Trinajstić information content (AvgIpc) is 2.79. The van der Waals surface area contributed by atoms with Crippen LogP contribution < -0.4 is 4.74 Å². The molecule has 0 saturated heterocycles. The van der Waals surface area contributed by atoms with Gasteiger partial charge in [0.1, 0.15) is 5.75 Å². The third kappa shape index (κ3) is 4.05. The highest BCUT2D eigenvalue weighted by Crippen LogP contribution is 2.49. The summed E-state index contributed by atoms with van der Waals surface area (Å²) in [5.74, 6) is 1.49. The first-order valence-corrected chi connectivity index (χ1v) is 9.93. The molecule has 0 amide bonds. The molecule has 1 fully saturated rings. The lowest BCUT2D eigenvalue weighted by Crippen LogP contribution is -2.40. The fourth-order valence-corrected chi connectivity index (χ4v) is 4.74. The Bertz CT molecular complexity index is 664. The van der Waals surface area contributed by atoms with Crippen LogP contribution in [0.25, 0.3) is 0 Å². The molecule has 3 rings (SSSR count). The summed E-state index contributed by atoms with van der Waals surface area (Å²) < 4.78 is 5.45. The number of methoxy groups -OCH3 is 1. The van der Waals surface area contributed by atoms with Gasteiger partial charge in [-0.15, -0.1) is 0 Å². The maximum atomic E-state index is 12.1. The van der Waals surface area contributed by atoms with Crippen molar-refractivity contribution >= 4 is 0 Å². The van der Waals surface area contributed by atoms with Gasteiger partial charge in [-0.3, -0.25) is 0 Å². The Morgan fingerprint density at radius 3 is 2.88 bits per heavy atom. The van der Waals surface area contributed by atoms with E-state index in [0.717, 1.165) is 44.4 Å². The molecule has 1 aromatic rings. The summed E-state index contributed by atoms with van der Waals surface area (Å²) in [7, 11) is 5.91. The van der Waals surface area contributed by atoms with Crippen LogP contribution in [-0.4, -0.2) is 43.4 Å². The first kappa shape index (κ1) is 19.2. The van der Waals surface area contributed by atoms with Gasteiger partial charge in [-0.05, 0) is 81.9 Å². The van der Waals surface area contributed by atoms with E-state index in [-0.39, 0.29) is 5.92 Å². The number of aliphatic hydroxyl groups is 1. The molecular formula is C23H33NO2. The van der Waals surface area contributed by atoms with Crippen molar-refractivity contribution < 1.29 is 9.84 Å². The zero-order chi connectivity index (χ0) is 18.6. The predicted octanol–water partition coefficient (Wildman–Crippen LogP) is 4.54. The molecular weight excluding hydrogens is 322 g/mol.